The molecule has 208 valence electrons. The van der Waals surface area contributed by atoms with Crippen LogP contribution in [0.15, 0.2) is 65.8 Å². The van der Waals surface area contributed by atoms with Gasteiger partial charge in [0.1, 0.15) is 0 Å². The first-order valence-corrected chi connectivity index (χ1v) is 14.7. The van der Waals surface area contributed by atoms with Gasteiger partial charge in [-0.05, 0) is 105 Å². The standard InChI is InChI=1S/C22H28.C12H22.C2H6.CH4/c1-15(2)22-14-20-8-6-5-7-19(20)13-21(22)12-18-10-9-16(3)17(4)11-18;1-5-7-8-9-10-12(4)11(3)6-2;1-2;/h5-11,15,21-22H,12-14H2,1-4H3;9-10H,5-8H2,1-4H3;1-2H3;1H4/b;10-9-,12-11-;;. The Kier molecular flexibility index (Phi) is 18.0. The van der Waals surface area contributed by atoms with Crippen LogP contribution in [-0.2, 0) is 19.3 Å². The molecule has 0 bridgehead atoms. The van der Waals surface area contributed by atoms with Crippen molar-refractivity contribution in [1.29, 1.82) is 0 Å². The maximum Gasteiger partial charge on any atom is -0.0242 e. The Morgan fingerprint density at radius 2 is 1.54 bits per heavy atom. The molecule has 1 aliphatic rings. The molecule has 0 fully saturated rings. The maximum absolute atomic E-state index is 2.40. The van der Waals surface area contributed by atoms with Crippen LogP contribution in [0.3, 0.4) is 0 Å². The summed E-state index contributed by atoms with van der Waals surface area (Å²) in [6, 6.07) is 16.1. The molecule has 3 rings (SSSR count). The lowest BCUT2D eigenvalue weighted by molar-refractivity contribution is 0.233. The van der Waals surface area contributed by atoms with E-state index < -0.39 is 0 Å². The number of hydrogen-bond acceptors (Lipinski definition) is 0. The molecule has 37 heavy (non-hydrogen) atoms. The number of unbranched alkanes of at least 4 members (excludes halogenated alkanes) is 2. The van der Waals surface area contributed by atoms with Gasteiger partial charge in [0.05, 0.1) is 0 Å². The molecule has 2 aromatic carbocycles. The second kappa shape index (κ2) is 19.1. The van der Waals surface area contributed by atoms with Crippen molar-refractivity contribution in [3.05, 3.63) is 93.6 Å². The van der Waals surface area contributed by atoms with Gasteiger partial charge < -0.3 is 0 Å². The molecule has 0 heteroatoms. The Balaban J connectivity index is 0.000000745. The van der Waals surface area contributed by atoms with E-state index in [0.29, 0.717) is 0 Å². The number of aryl methyl sites for hydroxylation is 2. The lowest BCUT2D eigenvalue weighted by Crippen LogP contribution is -2.30. The fourth-order valence-electron chi connectivity index (χ4n) is 5.05. The van der Waals surface area contributed by atoms with Gasteiger partial charge in [-0.2, -0.15) is 0 Å². The van der Waals surface area contributed by atoms with Crippen LogP contribution in [0.4, 0.5) is 0 Å². The van der Waals surface area contributed by atoms with Gasteiger partial charge in [0, 0.05) is 0 Å². The number of rotatable bonds is 8. The third-order valence-corrected chi connectivity index (χ3v) is 7.88. The summed E-state index contributed by atoms with van der Waals surface area (Å²) in [5.41, 5.74) is 10.4. The van der Waals surface area contributed by atoms with E-state index in [1.807, 2.05) is 13.8 Å². The lowest BCUT2D eigenvalue weighted by atomic mass is 9.69. The van der Waals surface area contributed by atoms with E-state index in [0.717, 1.165) is 17.8 Å². The fourth-order valence-corrected chi connectivity index (χ4v) is 5.05. The Bertz CT molecular complexity index is 940. The molecule has 0 nitrogen and oxygen atoms in total. The molecule has 0 amide bonds. The first kappa shape index (κ1) is 34.9. The van der Waals surface area contributed by atoms with Gasteiger partial charge in [-0.1, -0.05) is 128 Å². The molecule has 2 aromatic rings. The number of benzene rings is 2. The van der Waals surface area contributed by atoms with Crippen LogP contribution >= 0.6 is 0 Å². The van der Waals surface area contributed by atoms with E-state index in [1.165, 1.54) is 72.8 Å². The molecule has 2 atom stereocenters. The summed E-state index contributed by atoms with van der Waals surface area (Å²) >= 11 is 0. The molecule has 0 aliphatic heterocycles. The molecular formula is C37H60. The SMILES string of the molecule is C.CC.CCCC/C=C\C(C)=C(\C)CC.Cc1ccc(CC2Cc3ccccc3CC2C(C)C)cc1C. The van der Waals surface area contributed by atoms with Crippen molar-refractivity contribution in [2.24, 2.45) is 17.8 Å². The highest BCUT2D eigenvalue weighted by Gasteiger charge is 2.30. The van der Waals surface area contributed by atoms with Crippen LogP contribution in [0.1, 0.15) is 116 Å². The van der Waals surface area contributed by atoms with E-state index in [1.54, 1.807) is 11.1 Å². The van der Waals surface area contributed by atoms with E-state index in [4.69, 9.17) is 0 Å². The van der Waals surface area contributed by atoms with Crippen LogP contribution in [0.5, 0.6) is 0 Å². The Labute approximate surface area is 232 Å². The summed E-state index contributed by atoms with van der Waals surface area (Å²) in [6.45, 7) is 22.1. The van der Waals surface area contributed by atoms with Gasteiger partial charge in [0.25, 0.3) is 0 Å². The zero-order valence-electron chi connectivity index (χ0n) is 25.4. The third-order valence-electron chi connectivity index (χ3n) is 7.88. The molecule has 0 saturated heterocycles. The van der Waals surface area contributed by atoms with Gasteiger partial charge in [-0.25, -0.2) is 0 Å². The third kappa shape index (κ3) is 11.9. The van der Waals surface area contributed by atoms with Crippen molar-refractivity contribution in [2.45, 2.75) is 122 Å². The van der Waals surface area contributed by atoms with Crippen molar-refractivity contribution in [3.8, 4) is 0 Å². The van der Waals surface area contributed by atoms with Crippen molar-refractivity contribution < 1.29 is 0 Å². The molecule has 0 radical (unpaired) electrons. The Morgan fingerprint density at radius 3 is 2.08 bits per heavy atom. The topological polar surface area (TPSA) is 0 Å². The smallest absolute Gasteiger partial charge is 0.0242 e. The second-order valence-corrected chi connectivity index (χ2v) is 10.8. The Hall–Kier alpha value is -2.08. The van der Waals surface area contributed by atoms with Crippen molar-refractivity contribution in [2.75, 3.05) is 0 Å². The van der Waals surface area contributed by atoms with Gasteiger partial charge in [-0.3, -0.25) is 0 Å². The van der Waals surface area contributed by atoms with Gasteiger partial charge >= 0.3 is 0 Å². The summed E-state index contributed by atoms with van der Waals surface area (Å²) in [6.07, 6.45) is 13.3. The predicted molar refractivity (Wildman–Crippen MR) is 171 cm³/mol. The number of hydrogen-bond donors (Lipinski definition) is 0. The lowest BCUT2D eigenvalue weighted by Gasteiger charge is -2.36. The summed E-state index contributed by atoms with van der Waals surface area (Å²) in [5, 5.41) is 0. The zero-order valence-corrected chi connectivity index (χ0v) is 25.4. The minimum Gasteiger partial charge on any atom is -0.0843 e. The highest BCUT2D eigenvalue weighted by atomic mass is 14.3. The summed E-state index contributed by atoms with van der Waals surface area (Å²) in [4.78, 5) is 0. The molecule has 0 N–H and O–H groups in total. The molecule has 1 aliphatic carbocycles. The Morgan fingerprint density at radius 1 is 0.919 bits per heavy atom. The van der Waals surface area contributed by atoms with Crippen LogP contribution in [-0.4, -0.2) is 0 Å². The van der Waals surface area contributed by atoms with Crippen LogP contribution in [0, 0.1) is 31.6 Å². The molecule has 2 unspecified atom stereocenters. The summed E-state index contributed by atoms with van der Waals surface area (Å²) in [5.74, 6) is 2.33. The van der Waals surface area contributed by atoms with Crippen molar-refractivity contribution >= 4 is 0 Å². The maximum atomic E-state index is 2.40. The highest BCUT2D eigenvalue weighted by Crippen LogP contribution is 2.36. The molecule has 0 saturated carbocycles. The van der Waals surface area contributed by atoms with Gasteiger partial charge in [0.15, 0.2) is 0 Å². The minimum atomic E-state index is 0. The van der Waals surface area contributed by atoms with Crippen LogP contribution < -0.4 is 0 Å². The molecule has 0 spiro atoms. The van der Waals surface area contributed by atoms with E-state index in [-0.39, 0.29) is 7.43 Å². The van der Waals surface area contributed by atoms with Crippen LogP contribution in [0.25, 0.3) is 0 Å². The first-order chi connectivity index (χ1) is 17.3. The molecule has 0 aromatic heterocycles. The average molecular weight is 505 g/mol. The van der Waals surface area contributed by atoms with E-state index in [9.17, 15) is 0 Å². The van der Waals surface area contributed by atoms with E-state index >= 15 is 0 Å². The van der Waals surface area contributed by atoms with E-state index in [2.05, 4.69) is 110 Å². The molecular weight excluding hydrogens is 444 g/mol. The predicted octanol–water partition coefficient (Wildman–Crippen LogP) is 11.7. The number of allylic oxidation sites excluding steroid dienone is 4. The highest BCUT2D eigenvalue weighted by molar-refractivity contribution is 5.33. The van der Waals surface area contributed by atoms with Crippen molar-refractivity contribution in [3.63, 3.8) is 0 Å². The monoisotopic (exact) mass is 504 g/mol. The fraction of sp³-hybridized carbons (Fsp3) is 0.568. The average Bonchev–Trinajstić information content (AvgIpc) is 2.89. The minimum absolute atomic E-state index is 0. The zero-order chi connectivity index (χ0) is 27.1. The number of fused-ring (bicyclic) bond motifs is 1. The first-order valence-electron chi connectivity index (χ1n) is 14.7. The van der Waals surface area contributed by atoms with Crippen LogP contribution in [0.2, 0.25) is 0 Å². The molecule has 0 heterocycles. The quantitative estimate of drug-likeness (QED) is 0.248. The van der Waals surface area contributed by atoms with Gasteiger partial charge in [0.2, 0.25) is 0 Å². The summed E-state index contributed by atoms with van der Waals surface area (Å²) in [7, 11) is 0. The normalized spacial score (nSPS) is 17.1. The second-order valence-electron chi connectivity index (χ2n) is 10.8. The van der Waals surface area contributed by atoms with Crippen molar-refractivity contribution in [1.82, 2.24) is 0 Å². The summed E-state index contributed by atoms with van der Waals surface area (Å²) < 4.78 is 0. The largest absolute Gasteiger partial charge is 0.0843 e. The van der Waals surface area contributed by atoms with Gasteiger partial charge in [-0.15, -0.1) is 0 Å².